The van der Waals surface area contributed by atoms with Crippen LogP contribution in [0.1, 0.15) is 32.6 Å². The second-order valence-corrected chi connectivity index (χ2v) is 4.47. The van der Waals surface area contributed by atoms with Gasteiger partial charge in [-0.25, -0.2) is 0 Å². The van der Waals surface area contributed by atoms with Crippen LogP contribution < -0.4 is 0 Å². The number of ether oxygens (including phenoxy) is 1. The minimum Gasteiger partial charge on any atom is -0.468 e. The van der Waals surface area contributed by atoms with Gasteiger partial charge in [-0.1, -0.05) is 12.5 Å². The highest BCUT2D eigenvalue weighted by Gasteiger charge is 2.45. The molecule has 0 radical (unpaired) electrons. The zero-order valence-corrected chi connectivity index (χ0v) is 9.71. The molecular weight excluding hydrogens is 204 g/mol. The molecule has 0 saturated heterocycles. The number of rotatable bonds is 1. The summed E-state index contributed by atoms with van der Waals surface area (Å²) in [5.41, 5.74) is 1.05. The number of hydrogen-bond acceptors (Lipinski definition) is 3. The summed E-state index contributed by atoms with van der Waals surface area (Å²) >= 11 is 0. The summed E-state index contributed by atoms with van der Waals surface area (Å²) in [6, 6.07) is 0. The fraction of sp³-hybridized carbons (Fsp3) is 0.538. The second-order valence-electron chi connectivity index (χ2n) is 4.47. The smallest absolute Gasteiger partial charge is 0.319 e. The number of fused-ring (bicyclic) bond motifs is 1. The molecule has 2 rings (SSSR count). The number of methoxy groups -OCH3 is 1. The molecule has 0 aromatic carbocycles. The fourth-order valence-electron chi connectivity index (χ4n) is 2.75. The Morgan fingerprint density at radius 3 is 2.88 bits per heavy atom. The third-order valence-electron chi connectivity index (χ3n) is 3.68. The molecule has 0 aliphatic heterocycles. The van der Waals surface area contributed by atoms with Crippen LogP contribution in [0.3, 0.4) is 0 Å². The maximum absolute atomic E-state index is 12.0. The number of carbonyl (C=O) groups is 2. The van der Waals surface area contributed by atoms with Crippen molar-refractivity contribution in [1.82, 2.24) is 0 Å². The molecule has 0 N–H and O–H groups in total. The van der Waals surface area contributed by atoms with Gasteiger partial charge in [-0.15, -0.1) is 0 Å². The van der Waals surface area contributed by atoms with Crippen molar-refractivity contribution in [2.24, 2.45) is 5.41 Å². The summed E-state index contributed by atoms with van der Waals surface area (Å²) in [5.74, 6) is -0.207. The van der Waals surface area contributed by atoms with Crippen LogP contribution in [0.15, 0.2) is 23.3 Å². The first kappa shape index (κ1) is 11.1. The molecule has 0 aromatic rings. The first-order valence-electron chi connectivity index (χ1n) is 5.64. The van der Waals surface area contributed by atoms with E-state index in [1.54, 1.807) is 6.08 Å². The van der Waals surface area contributed by atoms with Crippen LogP contribution in [-0.4, -0.2) is 18.9 Å². The number of carbonyl (C=O) groups excluding carboxylic acids is 2. The Hall–Kier alpha value is -1.38. The lowest BCUT2D eigenvalue weighted by Gasteiger charge is -2.37. The van der Waals surface area contributed by atoms with Crippen molar-refractivity contribution in [3.63, 3.8) is 0 Å². The lowest BCUT2D eigenvalue weighted by Crippen LogP contribution is -2.38. The van der Waals surface area contributed by atoms with Crippen molar-refractivity contribution in [2.75, 3.05) is 7.11 Å². The molecule has 0 bridgehead atoms. The Balaban J connectivity index is 2.51. The van der Waals surface area contributed by atoms with Crippen LogP contribution in [-0.2, 0) is 14.3 Å². The van der Waals surface area contributed by atoms with E-state index in [4.69, 9.17) is 4.74 Å². The van der Waals surface area contributed by atoms with E-state index in [2.05, 4.69) is 0 Å². The summed E-state index contributed by atoms with van der Waals surface area (Å²) in [6.45, 7) is 1.81. The molecule has 16 heavy (non-hydrogen) atoms. The van der Waals surface area contributed by atoms with Crippen LogP contribution in [0.5, 0.6) is 0 Å². The molecular formula is C13H16O3. The number of allylic oxidation sites excluding steroid dienone is 2. The second kappa shape index (κ2) is 3.89. The normalized spacial score (nSPS) is 29.0. The van der Waals surface area contributed by atoms with Crippen molar-refractivity contribution < 1.29 is 14.3 Å². The Morgan fingerprint density at radius 2 is 2.19 bits per heavy atom. The van der Waals surface area contributed by atoms with Gasteiger partial charge in [0.25, 0.3) is 0 Å². The Labute approximate surface area is 95.2 Å². The Bertz CT molecular complexity index is 403. The average Bonchev–Trinajstić information content (AvgIpc) is 2.33. The Kier molecular flexibility index (Phi) is 2.70. The Morgan fingerprint density at radius 1 is 1.44 bits per heavy atom. The van der Waals surface area contributed by atoms with Crippen LogP contribution in [0.4, 0.5) is 0 Å². The predicted octanol–water partition coefficient (Wildman–Crippen LogP) is 2.18. The maximum Gasteiger partial charge on any atom is 0.319 e. The van der Waals surface area contributed by atoms with Crippen LogP contribution in [0.25, 0.3) is 0 Å². The summed E-state index contributed by atoms with van der Waals surface area (Å²) in [7, 11) is 1.41. The maximum atomic E-state index is 12.0. The fourth-order valence-corrected chi connectivity index (χ4v) is 2.75. The SMILES string of the molecule is COC(=O)C12C=CC(=O)C(C)=C1CCCC2. The molecule has 2 aliphatic rings. The lowest BCUT2D eigenvalue weighted by molar-refractivity contribution is -0.148. The molecule has 3 nitrogen and oxygen atoms in total. The third-order valence-corrected chi connectivity index (χ3v) is 3.68. The third kappa shape index (κ3) is 1.42. The molecule has 1 atom stereocenters. The highest BCUT2D eigenvalue weighted by Crippen LogP contribution is 2.46. The van der Waals surface area contributed by atoms with Gasteiger partial charge in [0.15, 0.2) is 5.78 Å². The van der Waals surface area contributed by atoms with Crippen molar-refractivity contribution in [3.05, 3.63) is 23.3 Å². The van der Waals surface area contributed by atoms with Gasteiger partial charge in [0.1, 0.15) is 5.41 Å². The molecule has 0 heterocycles. The minimum absolute atomic E-state index is 0.0245. The average molecular weight is 220 g/mol. The van der Waals surface area contributed by atoms with Crippen molar-refractivity contribution >= 4 is 11.8 Å². The first-order valence-corrected chi connectivity index (χ1v) is 5.64. The van der Waals surface area contributed by atoms with Gasteiger partial charge in [-0.05, 0) is 43.4 Å². The van der Waals surface area contributed by atoms with E-state index in [1.807, 2.05) is 6.92 Å². The van der Waals surface area contributed by atoms with Gasteiger partial charge in [0.2, 0.25) is 0 Å². The quantitative estimate of drug-likeness (QED) is 0.636. The molecule has 0 spiro atoms. The number of ketones is 1. The largest absolute Gasteiger partial charge is 0.468 e. The van der Waals surface area contributed by atoms with Crippen molar-refractivity contribution in [1.29, 1.82) is 0 Å². The van der Waals surface area contributed by atoms with E-state index in [0.29, 0.717) is 0 Å². The van der Waals surface area contributed by atoms with Gasteiger partial charge >= 0.3 is 5.97 Å². The van der Waals surface area contributed by atoms with E-state index in [-0.39, 0.29) is 11.8 Å². The summed E-state index contributed by atoms with van der Waals surface area (Å²) < 4.78 is 4.90. The van der Waals surface area contributed by atoms with E-state index in [0.717, 1.165) is 36.8 Å². The van der Waals surface area contributed by atoms with Gasteiger partial charge in [0.05, 0.1) is 7.11 Å². The zero-order chi connectivity index (χ0) is 11.8. The van der Waals surface area contributed by atoms with Crippen molar-refractivity contribution in [3.8, 4) is 0 Å². The van der Waals surface area contributed by atoms with Crippen LogP contribution in [0, 0.1) is 5.41 Å². The molecule has 0 amide bonds. The lowest BCUT2D eigenvalue weighted by atomic mass is 9.66. The molecule has 2 aliphatic carbocycles. The zero-order valence-electron chi connectivity index (χ0n) is 9.71. The molecule has 1 fully saturated rings. The standard InChI is InChI=1S/C13H16O3/c1-9-10-5-3-4-7-13(10,12(15)16-2)8-6-11(9)14/h6,8H,3-5,7H2,1-2H3. The van der Waals surface area contributed by atoms with E-state index in [1.165, 1.54) is 13.2 Å². The van der Waals surface area contributed by atoms with Gasteiger partial charge in [0, 0.05) is 0 Å². The van der Waals surface area contributed by atoms with Gasteiger partial charge in [-0.2, -0.15) is 0 Å². The van der Waals surface area contributed by atoms with Gasteiger partial charge < -0.3 is 4.74 Å². The summed E-state index contributed by atoms with van der Waals surface area (Å²) in [4.78, 5) is 23.6. The monoisotopic (exact) mass is 220 g/mol. The van der Waals surface area contributed by atoms with E-state index >= 15 is 0 Å². The molecule has 0 aromatic heterocycles. The molecule has 1 unspecified atom stereocenters. The molecule has 3 heteroatoms. The first-order chi connectivity index (χ1) is 7.62. The van der Waals surface area contributed by atoms with Crippen LogP contribution in [0.2, 0.25) is 0 Å². The number of hydrogen-bond donors (Lipinski definition) is 0. The van der Waals surface area contributed by atoms with E-state index in [9.17, 15) is 9.59 Å². The summed E-state index contributed by atoms with van der Waals surface area (Å²) in [6.07, 6.45) is 6.90. The minimum atomic E-state index is -0.648. The highest BCUT2D eigenvalue weighted by atomic mass is 16.5. The molecule has 1 saturated carbocycles. The van der Waals surface area contributed by atoms with Crippen LogP contribution >= 0.6 is 0 Å². The highest BCUT2D eigenvalue weighted by molar-refractivity contribution is 6.07. The topological polar surface area (TPSA) is 43.4 Å². The summed E-state index contributed by atoms with van der Waals surface area (Å²) in [5, 5.41) is 0. The van der Waals surface area contributed by atoms with Gasteiger partial charge in [-0.3, -0.25) is 9.59 Å². The molecule has 86 valence electrons. The predicted molar refractivity (Wildman–Crippen MR) is 59.8 cm³/mol. The van der Waals surface area contributed by atoms with Crippen molar-refractivity contribution in [2.45, 2.75) is 32.6 Å². The van der Waals surface area contributed by atoms with E-state index < -0.39 is 5.41 Å². The number of esters is 1.